The molecule has 0 radical (unpaired) electrons. The lowest BCUT2D eigenvalue weighted by Crippen LogP contribution is -2.04. The van der Waals surface area contributed by atoms with Crippen molar-refractivity contribution >= 4 is 37.7 Å². The Morgan fingerprint density at radius 3 is 2.63 bits per heavy atom. The molecule has 2 aromatic rings. The zero-order chi connectivity index (χ0) is 14.0. The Labute approximate surface area is 127 Å². The van der Waals surface area contributed by atoms with Crippen LogP contribution in [-0.4, -0.2) is 16.5 Å². The van der Waals surface area contributed by atoms with Crippen molar-refractivity contribution in [1.29, 1.82) is 0 Å². The van der Waals surface area contributed by atoms with E-state index in [1.807, 2.05) is 13.8 Å². The quantitative estimate of drug-likeness (QED) is 0.838. The number of halogens is 3. The van der Waals surface area contributed by atoms with Crippen LogP contribution in [0, 0.1) is 12.7 Å². The van der Waals surface area contributed by atoms with Gasteiger partial charge in [0.1, 0.15) is 11.6 Å². The summed E-state index contributed by atoms with van der Waals surface area (Å²) in [7, 11) is 0. The molecule has 0 spiro atoms. The van der Waals surface area contributed by atoms with Crippen molar-refractivity contribution in [2.75, 3.05) is 11.9 Å². The fraction of sp³-hybridized carbons (Fsp3) is 0.231. The van der Waals surface area contributed by atoms with Crippen LogP contribution < -0.4 is 5.32 Å². The first-order chi connectivity index (χ1) is 9.02. The van der Waals surface area contributed by atoms with Gasteiger partial charge >= 0.3 is 0 Å². The van der Waals surface area contributed by atoms with Gasteiger partial charge in [-0.1, -0.05) is 0 Å². The van der Waals surface area contributed by atoms with Gasteiger partial charge < -0.3 is 5.32 Å². The van der Waals surface area contributed by atoms with E-state index in [1.165, 1.54) is 12.1 Å². The first kappa shape index (κ1) is 14.4. The minimum Gasteiger partial charge on any atom is -0.369 e. The third-order valence-corrected chi connectivity index (χ3v) is 4.14. The Bertz CT molecular complexity index is 617. The van der Waals surface area contributed by atoms with Crippen molar-refractivity contribution in [3.8, 4) is 11.4 Å². The highest BCUT2D eigenvalue weighted by molar-refractivity contribution is 9.11. The zero-order valence-corrected chi connectivity index (χ0v) is 13.6. The van der Waals surface area contributed by atoms with E-state index >= 15 is 0 Å². The molecule has 0 fully saturated rings. The van der Waals surface area contributed by atoms with Crippen LogP contribution in [0.15, 0.2) is 27.1 Å². The molecule has 0 saturated heterocycles. The van der Waals surface area contributed by atoms with Crippen LogP contribution >= 0.6 is 31.9 Å². The van der Waals surface area contributed by atoms with Gasteiger partial charge in [0.25, 0.3) is 0 Å². The summed E-state index contributed by atoms with van der Waals surface area (Å²) >= 11 is 6.80. The van der Waals surface area contributed by atoms with Crippen molar-refractivity contribution in [2.24, 2.45) is 0 Å². The smallest absolute Gasteiger partial charge is 0.162 e. The molecule has 2 rings (SSSR count). The molecule has 1 N–H and O–H groups in total. The van der Waals surface area contributed by atoms with E-state index in [0.717, 1.165) is 28.1 Å². The summed E-state index contributed by atoms with van der Waals surface area (Å²) in [4.78, 5) is 8.89. The summed E-state index contributed by atoms with van der Waals surface area (Å²) in [5.74, 6) is 1.00. The van der Waals surface area contributed by atoms with Crippen molar-refractivity contribution < 1.29 is 4.39 Å². The average molecular weight is 389 g/mol. The second-order valence-electron chi connectivity index (χ2n) is 3.95. The Balaban J connectivity index is 2.56. The van der Waals surface area contributed by atoms with E-state index in [2.05, 4.69) is 47.1 Å². The number of rotatable bonds is 3. The lowest BCUT2D eigenvalue weighted by atomic mass is 10.2. The largest absolute Gasteiger partial charge is 0.369 e. The van der Waals surface area contributed by atoms with Gasteiger partial charge in [-0.3, -0.25) is 0 Å². The summed E-state index contributed by atoms with van der Waals surface area (Å²) < 4.78 is 14.6. The van der Waals surface area contributed by atoms with Gasteiger partial charge in [-0.25, -0.2) is 14.4 Å². The van der Waals surface area contributed by atoms with Crippen molar-refractivity contribution in [2.45, 2.75) is 13.8 Å². The van der Waals surface area contributed by atoms with E-state index in [9.17, 15) is 4.39 Å². The molecule has 0 bridgehead atoms. The van der Waals surface area contributed by atoms with Gasteiger partial charge in [0.05, 0.1) is 10.2 Å². The number of hydrogen-bond donors (Lipinski definition) is 1. The van der Waals surface area contributed by atoms with Crippen LogP contribution in [-0.2, 0) is 0 Å². The van der Waals surface area contributed by atoms with E-state index in [1.54, 1.807) is 6.07 Å². The first-order valence-corrected chi connectivity index (χ1v) is 7.35. The lowest BCUT2D eigenvalue weighted by Gasteiger charge is -2.11. The maximum absolute atomic E-state index is 13.1. The molecular formula is C13H12Br2FN3. The molecule has 1 aromatic heterocycles. The predicted octanol–water partition coefficient (Wildman–Crippen LogP) is 4.55. The molecule has 0 saturated carbocycles. The Kier molecular flexibility index (Phi) is 4.52. The number of aromatic nitrogens is 2. The van der Waals surface area contributed by atoms with Gasteiger partial charge in [-0.05, 0) is 63.9 Å². The number of benzene rings is 1. The van der Waals surface area contributed by atoms with Crippen LogP contribution in [0.5, 0.6) is 0 Å². The molecule has 0 aliphatic rings. The molecule has 100 valence electrons. The van der Waals surface area contributed by atoms with Crippen LogP contribution in [0.2, 0.25) is 0 Å². The molecule has 1 aromatic carbocycles. The number of nitrogens with zero attached hydrogens (tertiary/aromatic N) is 2. The van der Waals surface area contributed by atoms with E-state index in [-0.39, 0.29) is 5.82 Å². The monoisotopic (exact) mass is 387 g/mol. The SMILES string of the molecule is CCNc1nc(-c2ccc(F)cc2Br)nc(C)c1Br. The molecule has 6 heteroatoms. The summed E-state index contributed by atoms with van der Waals surface area (Å²) in [5, 5.41) is 3.17. The highest BCUT2D eigenvalue weighted by Gasteiger charge is 2.12. The van der Waals surface area contributed by atoms with Gasteiger partial charge in [-0.2, -0.15) is 0 Å². The Hall–Kier alpha value is -1.01. The fourth-order valence-corrected chi connectivity index (χ4v) is 2.48. The van der Waals surface area contributed by atoms with Crippen LogP contribution in [0.3, 0.4) is 0 Å². The Morgan fingerprint density at radius 2 is 2.00 bits per heavy atom. The normalized spacial score (nSPS) is 10.6. The number of anilines is 1. The molecule has 0 unspecified atom stereocenters. The fourth-order valence-electron chi connectivity index (χ4n) is 1.64. The maximum atomic E-state index is 13.1. The van der Waals surface area contributed by atoms with E-state index in [0.29, 0.717) is 10.3 Å². The highest BCUT2D eigenvalue weighted by atomic mass is 79.9. The molecule has 0 aliphatic carbocycles. The summed E-state index contributed by atoms with van der Waals surface area (Å²) in [6, 6.07) is 4.47. The molecule has 0 aliphatic heterocycles. The summed E-state index contributed by atoms with van der Waals surface area (Å²) in [5.41, 5.74) is 1.59. The molecule has 19 heavy (non-hydrogen) atoms. The first-order valence-electron chi connectivity index (χ1n) is 5.76. The third-order valence-electron chi connectivity index (χ3n) is 2.53. The van der Waals surface area contributed by atoms with Gasteiger partial charge in [-0.15, -0.1) is 0 Å². The molecular weight excluding hydrogens is 377 g/mol. The second-order valence-corrected chi connectivity index (χ2v) is 5.60. The van der Waals surface area contributed by atoms with E-state index < -0.39 is 0 Å². The molecule has 1 heterocycles. The minimum atomic E-state index is -0.295. The van der Waals surface area contributed by atoms with Crippen LogP contribution in [0.4, 0.5) is 10.2 Å². The predicted molar refractivity (Wildman–Crippen MR) is 81.7 cm³/mol. The zero-order valence-electron chi connectivity index (χ0n) is 10.5. The third kappa shape index (κ3) is 3.12. The summed E-state index contributed by atoms with van der Waals surface area (Å²) in [6.45, 7) is 4.66. The van der Waals surface area contributed by atoms with Crippen molar-refractivity contribution in [1.82, 2.24) is 9.97 Å². The molecule has 0 amide bonds. The van der Waals surface area contributed by atoms with Crippen molar-refractivity contribution in [3.63, 3.8) is 0 Å². The van der Waals surface area contributed by atoms with E-state index in [4.69, 9.17) is 0 Å². The number of nitrogens with one attached hydrogen (secondary N) is 1. The summed E-state index contributed by atoms with van der Waals surface area (Å²) in [6.07, 6.45) is 0. The average Bonchev–Trinajstić information content (AvgIpc) is 2.35. The standard InChI is InChI=1S/C13H12Br2FN3/c1-3-17-13-11(15)7(2)18-12(19-13)9-5-4-8(16)6-10(9)14/h4-6H,3H2,1-2H3,(H,17,18,19). The van der Waals surface area contributed by atoms with Crippen LogP contribution in [0.1, 0.15) is 12.6 Å². The lowest BCUT2D eigenvalue weighted by molar-refractivity contribution is 0.627. The van der Waals surface area contributed by atoms with Gasteiger partial charge in [0, 0.05) is 16.6 Å². The van der Waals surface area contributed by atoms with Crippen LogP contribution in [0.25, 0.3) is 11.4 Å². The molecule has 0 atom stereocenters. The second kappa shape index (κ2) is 5.96. The molecule has 3 nitrogen and oxygen atoms in total. The Morgan fingerprint density at radius 1 is 1.26 bits per heavy atom. The number of hydrogen-bond acceptors (Lipinski definition) is 3. The maximum Gasteiger partial charge on any atom is 0.162 e. The minimum absolute atomic E-state index is 0.295. The van der Waals surface area contributed by atoms with Gasteiger partial charge in [0.15, 0.2) is 5.82 Å². The highest BCUT2D eigenvalue weighted by Crippen LogP contribution is 2.30. The van der Waals surface area contributed by atoms with Crippen molar-refractivity contribution in [3.05, 3.63) is 38.7 Å². The van der Waals surface area contributed by atoms with Gasteiger partial charge in [0.2, 0.25) is 0 Å². The number of aryl methyl sites for hydroxylation is 1. The topological polar surface area (TPSA) is 37.8 Å².